The van der Waals surface area contributed by atoms with Gasteiger partial charge in [-0.25, -0.2) is 4.39 Å². The molecule has 0 bridgehead atoms. The third kappa shape index (κ3) is 4.54. The van der Waals surface area contributed by atoms with E-state index >= 15 is 0 Å². The quantitative estimate of drug-likeness (QED) is 0.230. The van der Waals surface area contributed by atoms with E-state index in [2.05, 4.69) is 15.9 Å². The lowest BCUT2D eigenvalue weighted by molar-refractivity contribution is 0.306. The summed E-state index contributed by atoms with van der Waals surface area (Å²) in [5, 5.41) is 0.990. The Bertz CT molecular complexity index is 1350. The number of benzene rings is 4. The smallest absolute Gasteiger partial charge is 0.153 e. The van der Waals surface area contributed by atoms with Crippen molar-refractivity contribution in [2.75, 3.05) is 0 Å². The average molecular weight is 505 g/mol. The van der Waals surface area contributed by atoms with Gasteiger partial charge in [-0.05, 0) is 65.7 Å². The van der Waals surface area contributed by atoms with Crippen molar-refractivity contribution in [3.05, 3.63) is 113 Å². The number of fused-ring (bicyclic) bond motifs is 1. The first-order valence-electron chi connectivity index (χ1n) is 10.1. The topological polar surface area (TPSA) is 18.5 Å². The van der Waals surface area contributed by atoms with Gasteiger partial charge in [-0.3, -0.25) is 0 Å². The van der Waals surface area contributed by atoms with E-state index in [0.29, 0.717) is 6.61 Å². The van der Waals surface area contributed by atoms with Gasteiger partial charge < -0.3 is 9.47 Å². The van der Waals surface area contributed by atoms with Crippen LogP contribution in [0.3, 0.4) is 0 Å². The molecule has 5 heteroatoms. The van der Waals surface area contributed by atoms with Gasteiger partial charge in [-0.1, -0.05) is 58.4 Å². The lowest BCUT2D eigenvalue weighted by Crippen LogP contribution is -1.94. The van der Waals surface area contributed by atoms with Crippen LogP contribution in [0.15, 0.2) is 102 Å². The second-order valence-electron chi connectivity index (χ2n) is 7.26. The van der Waals surface area contributed by atoms with Crippen molar-refractivity contribution in [1.82, 2.24) is 0 Å². The molecule has 32 heavy (non-hydrogen) atoms. The summed E-state index contributed by atoms with van der Waals surface area (Å²) in [6.07, 6.45) is 0. The first-order chi connectivity index (χ1) is 15.7. The fourth-order valence-electron chi connectivity index (χ4n) is 3.40. The highest BCUT2D eigenvalue weighted by Crippen LogP contribution is 2.47. The van der Waals surface area contributed by atoms with Crippen molar-refractivity contribution in [2.45, 2.75) is 6.61 Å². The van der Waals surface area contributed by atoms with E-state index in [-0.39, 0.29) is 5.82 Å². The predicted molar refractivity (Wildman–Crippen MR) is 132 cm³/mol. The lowest BCUT2D eigenvalue weighted by Gasteiger charge is -2.09. The van der Waals surface area contributed by atoms with Crippen LogP contribution >= 0.6 is 27.3 Å². The van der Waals surface area contributed by atoms with Crippen molar-refractivity contribution in [3.63, 3.8) is 0 Å². The summed E-state index contributed by atoms with van der Waals surface area (Å²) in [4.78, 5) is 0.947. The van der Waals surface area contributed by atoms with Gasteiger partial charge in [-0.2, -0.15) is 0 Å². The molecule has 158 valence electrons. The van der Waals surface area contributed by atoms with Gasteiger partial charge in [-0.15, -0.1) is 11.3 Å². The Labute approximate surface area is 198 Å². The normalized spacial score (nSPS) is 10.9. The summed E-state index contributed by atoms with van der Waals surface area (Å²) < 4.78 is 27.9. The van der Waals surface area contributed by atoms with E-state index in [9.17, 15) is 4.39 Å². The molecule has 0 unspecified atom stereocenters. The van der Waals surface area contributed by atoms with Gasteiger partial charge in [0, 0.05) is 14.6 Å². The highest BCUT2D eigenvalue weighted by molar-refractivity contribution is 9.10. The molecular weight excluding hydrogens is 487 g/mol. The molecule has 0 fully saturated rings. The molecule has 2 nitrogen and oxygen atoms in total. The van der Waals surface area contributed by atoms with Crippen LogP contribution in [0.1, 0.15) is 5.56 Å². The minimum Gasteiger partial charge on any atom is -0.489 e. The second kappa shape index (κ2) is 9.15. The van der Waals surface area contributed by atoms with E-state index in [0.717, 1.165) is 47.8 Å². The van der Waals surface area contributed by atoms with Crippen LogP contribution in [0.25, 0.3) is 20.5 Å². The maximum Gasteiger partial charge on any atom is 0.153 e. The first-order valence-corrected chi connectivity index (χ1v) is 11.7. The van der Waals surface area contributed by atoms with Crippen molar-refractivity contribution >= 4 is 37.4 Å². The summed E-state index contributed by atoms with van der Waals surface area (Å²) >= 11 is 5.06. The molecular formula is C27H18BrFO2S. The van der Waals surface area contributed by atoms with Crippen molar-refractivity contribution < 1.29 is 13.9 Å². The fourth-order valence-corrected chi connectivity index (χ4v) is 4.83. The molecule has 0 amide bonds. The maximum absolute atomic E-state index is 13.5. The van der Waals surface area contributed by atoms with Gasteiger partial charge in [0.2, 0.25) is 0 Å². The minimum atomic E-state index is -0.262. The molecule has 1 aromatic heterocycles. The van der Waals surface area contributed by atoms with Gasteiger partial charge >= 0.3 is 0 Å². The van der Waals surface area contributed by atoms with E-state index < -0.39 is 0 Å². The van der Waals surface area contributed by atoms with E-state index in [4.69, 9.17) is 9.47 Å². The maximum atomic E-state index is 13.5. The van der Waals surface area contributed by atoms with Gasteiger partial charge in [0.15, 0.2) is 5.75 Å². The van der Waals surface area contributed by atoms with E-state index in [1.54, 1.807) is 23.5 Å². The summed E-state index contributed by atoms with van der Waals surface area (Å²) in [7, 11) is 0. The molecule has 0 saturated heterocycles. The van der Waals surface area contributed by atoms with Crippen LogP contribution < -0.4 is 9.47 Å². The Balaban J connectivity index is 1.53. The van der Waals surface area contributed by atoms with Gasteiger partial charge in [0.1, 0.15) is 23.9 Å². The van der Waals surface area contributed by atoms with Gasteiger partial charge in [0.05, 0.1) is 4.88 Å². The third-order valence-electron chi connectivity index (χ3n) is 5.00. The summed E-state index contributed by atoms with van der Waals surface area (Å²) in [6.45, 7) is 0.505. The van der Waals surface area contributed by atoms with Crippen LogP contribution in [0.4, 0.5) is 4.39 Å². The SMILES string of the molecule is Fc1ccc(-c2sc3cc(OCc4ccccc4)ccc3c2Oc2ccc(Br)cc2)cc1. The molecule has 5 aromatic rings. The largest absolute Gasteiger partial charge is 0.489 e. The second-order valence-corrected chi connectivity index (χ2v) is 9.22. The standard InChI is InChI=1S/C27H18BrFO2S/c28-20-8-12-22(13-9-20)31-26-24-15-14-23(30-17-18-4-2-1-3-5-18)16-25(24)32-27(26)19-6-10-21(29)11-7-19/h1-16H,17H2. The number of thiophene rings is 1. The monoisotopic (exact) mass is 504 g/mol. The predicted octanol–water partition coefficient (Wildman–Crippen LogP) is 8.84. The number of rotatable bonds is 6. The average Bonchev–Trinajstić information content (AvgIpc) is 3.18. The van der Waals surface area contributed by atoms with E-state index in [1.807, 2.05) is 72.8 Å². The summed E-state index contributed by atoms with van der Waals surface area (Å²) in [6, 6.07) is 30.3. The van der Waals surface area contributed by atoms with Crippen LogP contribution in [0.2, 0.25) is 0 Å². The zero-order valence-electron chi connectivity index (χ0n) is 16.9. The molecule has 1 heterocycles. The first kappa shape index (κ1) is 20.7. The molecule has 0 radical (unpaired) electrons. The van der Waals surface area contributed by atoms with E-state index in [1.165, 1.54) is 12.1 Å². The molecule has 0 aliphatic heterocycles. The number of hydrogen-bond acceptors (Lipinski definition) is 3. The number of hydrogen-bond donors (Lipinski definition) is 0. The minimum absolute atomic E-state index is 0.262. The van der Waals surface area contributed by atoms with Crippen molar-refractivity contribution in [2.24, 2.45) is 0 Å². The van der Waals surface area contributed by atoms with Crippen LogP contribution in [0, 0.1) is 5.82 Å². The Morgan fingerprint density at radius 3 is 2.25 bits per heavy atom. The van der Waals surface area contributed by atoms with Crippen LogP contribution in [0.5, 0.6) is 17.2 Å². The molecule has 0 N–H and O–H groups in total. The Morgan fingerprint density at radius 2 is 1.50 bits per heavy atom. The zero-order chi connectivity index (χ0) is 21.9. The lowest BCUT2D eigenvalue weighted by atomic mass is 10.1. The summed E-state index contributed by atoms with van der Waals surface area (Å²) in [5.41, 5.74) is 2.02. The molecule has 0 saturated carbocycles. The molecule has 4 aromatic carbocycles. The molecule has 0 aliphatic carbocycles. The Morgan fingerprint density at radius 1 is 0.781 bits per heavy atom. The number of ether oxygens (including phenoxy) is 2. The van der Waals surface area contributed by atoms with Crippen LogP contribution in [-0.2, 0) is 6.61 Å². The van der Waals surface area contributed by atoms with Crippen molar-refractivity contribution in [3.8, 4) is 27.7 Å². The zero-order valence-corrected chi connectivity index (χ0v) is 19.3. The van der Waals surface area contributed by atoms with Gasteiger partial charge in [0.25, 0.3) is 0 Å². The summed E-state index contributed by atoms with van der Waals surface area (Å²) in [5.74, 6) is 2.03. The Hall–Kier alpha value is -3.15. The highest BCUT2D eigenvalue weighted by atomic mass is 79.9. The molecule has 5 rings (SSSR count). The third-order valence-corrected chi connectivity index (χ3v) is 6.72. The molecule has 0 spiro atoms. The fraction of sp³-hybridized carbons (Fsp3) is 0.0370. The molecule has 0 aliphatic rings. The highest BCUT2D eigenvalue weighted by Gasteiger charge is 2.17. The van der Waals surface area contributed by atoms with Crippen molar-refractivity contribution in [1.29, 1.82) is 0 Å². The molecule has 0 atom stereocenters. The Kier molecular flexibility index (Phi) is 5.93. The van der Waals surface area contributed by atoms with Crippen LogP contribution in [-0.4, -0.2) is 0 Å². The number of halogens is 2.